The van der Waals surface area contributed by atoms with Crippen LogP contribution in [0.25, 0.3) is 0 Å². The number of rotatable bonds is 3. The van der Waals surface area contributed by atoms with Crippen LogP contribution in [-0.4, -0.2) is 32.5 Å². The van der Waals surface area contributed by atoms with Gasteiger partial charge in [0.1, 0.15) is 6.29 Å². The first-order chi connectivity index (χ1) is 9.88. The van der Waals surface area contributed by atoms with Crippen molar-refractivity contribution in [3.8, 4) is 0 Å². The van der Waals surface area contributed by atoms with Gasteiger partial charge in [0.25, 0.3) is 0 Å². The first-order valence-corrected chi connectivity index (χ1v) is 7.85. The second-order valence-corrected chi connectivity index (χ2v) is 6.04. The molecule has 3 rings (SSSR count). The van der Waals surface area contributed by atoms with E-state index >= 15 is 0 Å². The summed E-state index contributed by atoms with van der Waals surface area (Å²) in [6.07, 6.45) is 5.17. The summed E-state index contributed by atoms with van der Waals surface area (Å²) in [7, 11) is 0. The van der Waals surface area contributed by atoms with Crippen LogP contribution in [0.5, 0.6) is 0 Å². The first-order valence-electron chi connectivity index (χ1n) is 7.85. The number of piperidine rings is 1. The molecule has 0 aliphatic carbocycles. The Bertz CT molecular complexity index is 482. The molecule has 0 saturated carbocycles. The lowest BCUT2D eigenvalue weighted by Gasteiger charge is -2.32. The highest BCUT2D eigenvalue weighted by Gasteiger charge is 2.26. The molecular weight excluding hydrogens is 319 g/mol. The second kappa shape index (κ2) is 9.51. The Morgan fingerprint density at radius 1 is 1.05 bits per heavy atom. The van der Waals surface area contributed by atoms with Crippen LogP contribution in [0.1, 0.15) is 35.4 Å². The molecule has 0 aromatic heterocycles. The van der Waals surface area contributed by atoms with Crippen molar-refractivity contribution in [3.05, 3.63) is 34.9 Å². The fourth-order valence-corrected chi connectivity index (χ4v) is 3.63. The van der Waals surface area contributed by atoms with E-state index in [0.29, 0.717) is 18.3 Å². The van der Waals surface area contributed by atoms with Gasteiger partial charge in [-0.1, -0.05) is 18.2 Å². The molecule has 2 aliphatic heterocycles. The summed E-state index contributed by atoms with van der Waals surface area (Å²) in [5.41, 5.74) is 4.42. The monoisotopic (exact) mass is 344 g/mol. The normalized spacial score (nSPS) is 24.2. The van der Waals surface area contributed by atoms with Crippen molar-refractivity contribution in [2.45, 2.75) is 31.6 Å². The summed E-state index contributed by atoms with van der Waals surface area (Å²) in [5.74, 6) is 1.01. The Labute approximate surface area is 145 Å². The number of halogens is 2. The van der Waals surface area contributed by atoms with Crippen LogP contribution in [0.15, 0.2) is 18.2 Å². The van der Waals surface area contributed by atoms with Gasteiger partial charge in [0.2, 0.25) is 0 Å². The third kappa shape index (κ3) is 4.45. The van der Waals surface area contributed by atoms with E-state index in [9.17, 15) is 4.79 Å². The van der Waals surface area contributed by atoms with E-state index in [4.69, 9.17) is 0 Å². The molecule has 1 fully saturated rings. The molecule has 2 aliphatic rings. The average Bonchev–Trinajstić information content (AvgIpc) is 2.72. The minimum Gasteiger partial charge on any atom is -0.316 e. The summed E-state index contributed by atoms with van der Waals surface area (Å²) in [4.78, 5) is 10.9. The Kier molecular flexibility index (Phi) is 8.40. The minimum absolute atomic E-state index is 0. The van der Waals surface area contributed by atoms with Gasteiger partial charge in [-0.3, -0.25) is 0 Å². The van der Waals surface area contributed by atoms with Gasteiger partial charge in [-0.05, 0) is 67.4 Å². The standard InChI is InChI=1S/C17H24N2O.2ClH/c20-10-6-14-4-9-19-12-17(14)16-2-1-13-3-7-18-8-5-15(13)11-16;;/h1-2,10-11,14,17-19H,3-9,12H2;2*1H. The summed E-state index contributed by atoms with van der Waals surface area (Å²) in [6, 6.07) is 7.00. The lowest BCUT2D eigenvalue weighted by molar-refractivity contribution is -0.108. The van der Waals surface area contributed by atoms with E-state index in [1.807, 2.05) is 0 Å². The molecule has 1 aromatic rings. The summed E-state index contributed by atoms with van der Waals surface area (Å²) >= 11 is 0. The van der Waals surface area contributed by atoms with Gasteiger partial charge < -0.3 is 15.4 Å². The SMILES string of the molecule is Cl.Cl.O=CCC1CCNCC1c1ccc2c(c1)CCNCC2. The molecule has 1 saturated heterocycles. The first kappa shape index (κ1) is 19.4. The van der Waals surface area contributed by atoms with Crippen LogP contribution in [0.3, 0.4) is 0 Å². The molecule has 22 heavy (non-hydrogen) atoms. The number of fused-ring (bicyclic) bond motifs is 1. The fraction of sp³-hybridized carbons (Fsp3) is 0.588. The zero-order chi connectivity index (χ0) is 13.8. The van der Waals surface area contributed by atoms with Crippen LogP contribution in [-0.2, 0) is 17.6 Å². The van der Waals surface area contributed by atoms with E-state index < -0.39 is 0 Å². The molecule has 0 bridgehead atoms. The van der Waals surface area contributed by atoms with Crippen LogP contribution in [0.2, 0.25) is 0 Å². The maximum atomic E-state index is 10.9. The quantitative estimate of drug-likeness (QED) is 0.827. The van der Waals surface area contributed by atoms with E-state index in [2.05, 4.69) is 28.8 Å². The largest absolute Gasteiger partial charge is 0.316 e. The molecule has 2 unspecified atom stereocenters. The van der Waals surface area contributed by atoms with E-state index in [1.54, 1.807) is 0 Å². The van der Waals surface area contributed by atoms with Crippen molar-refractivity contribution in [2.75, 3.05) is 26.2 Å². The van der Waals surface area contributed by atoms with Gasteiger partial charge in [-0.25, -0.2) is 0 Å². The number of carbonyl (C=O) groups excluding carboxylic acids is 1. The lowest BCUT2D eigenvalue weighted by atomic mass is 9.79. The lowest BCUT2D eigenvalue weighted by Crippen LogP contribution is -2.35. The van der Waals surface area contributed by atoms with Gasteiger partial charge in [0.05, 0.1) is 0 Å². The van der Waals surface area contributed by atoms with E-state index in [-0.39, 0.29) is 24.8 Å². The number of hydrogen-bond acceptors (Lipinski definition) is 3. The number of carbonyl (C=O) groups is 1. The molecule has 0 amide bonds. The smallest absolute Gasteiger partial charge is 0.120 e. The average molecular weight is 345 g/mol. The van der Waals surface area contributed by atoms with Gasteiger partial charge in [0, 0.05) is 13.0 Å². The van der Waals surface area contributed by atoms with Crippen molar-refractivity contribution < 1.29 is 4.79 Å². The van der Waals surface area contributed by atoms with Crippen LogP contribution < -0.4 is 10.6 Å². The number of benzene rings is 1. The van der Waals surface area contributed by atoms with E-state index in [0.717, 1.165) is 51.7 Å². The molecule has 124 valence electrons. The molecule has 5 heteroatoms. The highest BCUT2D eigenvalue weighted by Crippen LogP contribution is 2.32. The predicted molar refractivity (Wildman–Crippen MR) is 95.6 cm³/mol. The number of hydrogen-bond donors (Lipinski definition) is 2. The van der Waals surface area contributed by atoms with Gasteiger partial charge in [0.15, 0.2) is 0 Å². The van der Waals surface area contributed by atoms with Gasteiger partial charge >= 0.3 is 0 Å². The maximum Gasteiger partial charge on any atom is 0.120 e. The highest BCUT2D eigenvalue weighted by molar-refractivity contribution is 5.85. The molecule has 2 heterocycles. The summed E-state index contributed by atoms with van der Waals surface area (Å²) < 4.78 is 0. The van der Waals surface area contributed by atoms with Crippen LogP contribution >= 0.6 is 24.8 Å². The van der Waals surface area contributed by atoms with Crippen LogP contribution in [0.4, 0.5) is 0 Å². The molecule has 0 spiro atoms. The Hall–Kier alpha value is -0.610. The van der Waals surface area contributed by atoms with Crippen molar-refractivity contribution in [3.63, 3.8) is 0 Å². The molecular formula is C17H26Cl2N2O. The predicted octanol–water partition coefficient (Wildman–Crippen LogP) is 2.50. The summed E-state index contributed by atoms with van der Waals surface area (Å²) in [5, 5.41) is 6.95. The maximum absolute atomic E-state index is 10.9. The molecule has 0 radical (unpaired) electrons. The second-order valence-electron chi connectivity index (χ2n) is 6.04. The Morgan fingerprint density at radius 3 is 2.59 bits per heavy atom. The van der Waals surface area contributed by atoms with Crippen LogP contribution in [0, 0.1) is 5.92 Å². The van der Waals surface area contributed by atoms with Crippen molar-refractivity contribution in [1.29, 1.82) is 0 Å². The zero-order valence-electron chi connectivity index (χ0n) is 12.8. The highest BCUT2D eigenvalue weighted by atomic mass is 35.5. The number of aldehydes is 1. The zero-order valence-corrected chi connectivity index (χ0v) is 14.5. The summed E-state index contributed by atoms with van der Waals surface area (Å²) in [6.45, 7) is 4.22. The molecule has 2 N–H and O–H groups in total. The topological polar surface area (TPSA) is 41.1 Å². The minimum atomic E-state index is 0. The molecule has 2 atom stereocenters. The Balaban J connectivity index is 0.00000121. The van der Waals surface area contributed by atoms with Gasteiger partial charge in [-0.15, -0.1) is 24.8 Å². The third-order valence-electron chi connectivity index (χ3n) is 4.82. The molecule has 1 aromatic carbocycles. The number of nitrogens with one attached hydrogen (secondary N) is 2. The van der Waals surface area contributed by atoms with Crippen molar-refractivity contribution in [1.82, 2.24) is 10.6 Å². The molecule has 3 nitrogen and oxygen atoms in total. The fourth-order valence-electron chi connectivity index (χ4n) is 3.63. The van der Waals surface area contributed by atoms with Crippen molar-refractivity contribution in [2.24, 2.45) is 5.92 Å². The van der Waals surface area contributed by atoms with E-state index in [1.165, 1.54) is 16.7 Å². The van der Waals surface area contributed by atoms with Crippen molar-refractivity contribution >= 4 is 31.1 Å². The van der Waals surface area contributed by atoms with Gasteiger partial charge in [-0.2, -0.15) is 0 Å². The Morgan fingerprint density at radius 2 is 1.82 bits per heavy atom. The third-order valence-corrected chi connectivity index (χ3v) is 4.82.